The summed E-state index contributed by atoms with van der Waals surface area (Å²) in [5, 5.41) is 11.4. The highest BCUT2D eigenvalue weighted by Gasteiger charge is 2.21. The number of rotatable bonds is 1. The van der Waals surface area contributed by atoms with Crippen LogP contribution in [0.15, 0.2) is 12.1 Å². The summed E-state index contributed by atoms with van der Waals surface area (Å²) in [7, 11) is 0. The lowest BCUT2D eigenvalue weighted by Gasteiger charge is -2.16. The van der Waals surface area contributed by atoms with Crippen molar-refractivity contribution in [2.45, 2.75) is 6.54 Å². The molecule has 1 aromatic heterocycles. The fraction of sp³-hybridized carbons (Fsp3) is 0.250. The number of aromatic carboxylic acids is 1. The van der Waals surface area contributed by atoms with Crippen LogP contribution in [0.5, 0.6) is 0 Å². The van der Waals surface area contributed by atoms with Crippen molar-refractivity contribution in [2.75, 3.05) is 6.54 Å². The van der Waals surface area contributed by atoms with Gasteiger partial charge in [-0.15, -0.1) is 0 Å². The van der Waals surface area contributed by atoms with E-state index in [4.69, 9.17) is 5.11 Å². The maximum Gasteiger partial charge on any atom is 0.352 e. The van der Waals surface area contributed by atoms with Crippen LogP contribution in [-0.2, 0) is 6.54 Å². The van der Waals surface area contributed by atoms with Gasteiger partial charge in [0.1, 0.15) is 11.4 Å². The molecule has 0 radical (unpaired) electrons. The Morgan fingerprint density at radius 1 is 1.54 bits per heavy atom. The standard InChI is InChI=1S/C8H8N2O3/c11-7-5-1-2-6(8(12)13)10(5)4-3-9-7/h1-2H,3-4H2,(H,9,11)(H,12,13). The molecule has 2 N–H and O–H groups in total. The molecule has 68 valence electrons. The highest BCUT2D eigenvalue weighted by atomic mass is 16.4. The number of hydrogen-bond acceptors (Lipinski definition) is 2. The maximum atomic E-state index is 11.2. The molecule has 1 aliphatic heterocycles. The molecule has 2 heterocycles. The van der Waals surface area contributed by atoms with Crippen LogP contribution in [0.1, 0.15) is 21.0 Å². The van der Waals surface area contributed by atoms with Crippen LogP contribution < -0.4 is 5.32 Å². The van der Waals surface area contributed by atoms with Gasteiger partial charge in [-0.25, -0.2) is 4.79 Å². The minimum Gasteiger partial charge on any atom is -0.477 e. The summed E-state index contributed by atoms with van der Waals surface area (Å²) >= 11 is 0. The first-order valence-electron chi connectivity index (χ1n) is 3.91. The number of carboxylic acid groups (broad SMARTS) is 1. The smallest absolute Gasteiger partial charge is 0.352 e. The molecular weight excluding hydrogens is 172 g/mol. The fourth-order valence-electron chi connectivity index (χ4n) is 1.47. The Morgan fingerprint density at radius 2 is 2.31 bits per heavy atom. The van der Waals surface area contributed by atoms with E-state index in [9.17, 15) is 9.59 Å². The van der Waals surface area contributed by atoms with Crippen LogP contribution in [-0.4, -0.2) is 28.1 Å². The highest BCUT2D eigenvalue weighted by molar-refractivity contribution is 5.96. The molecular formula is C8H8N2O3. The third-order valence-corrected chi connectivity index (χ3v) is 2.05. The van der Waals surface area contributed by atoms with Crippen LogP contribution in [0.4, 0.5) is 0 Å². The second kappa shape index (κ2) is 2.62. The normalized spacial score (nSPS) is 14.9. The quantitative estimate of drug-likeness (QED) is 0.635. The van der Waals surface area contributed by atoms with Gasteiger partial charge in [-0.2, -0.15) is 0 Å². The number of carboxylic acids is 1. The summed E-state index contributed by atoms with van der Waals surface area (Å²) in [6.45, 7) is 1.01. The lowest BCUT2D eigenvalue weighted by atomic mass is 10.3. The summed E-state index contributed by atoms with van der Waals surface area (Å²) in [5.41, 5.74) is 0.591. The van der Waals surface area contributed by atoms with Crippen LogP contribution >= 0.6 is 0 Å². The first-order valence-corrected chi connectivity index (χ1v) is 3.91. The first kappa shape index (κ1) is 7.85. The van der Waals surface area contributed by atoms with Gasteiger partial charge in [-0.1, -0.05) is 0 Å². The predicted octanol–water partition coefficient (Wildman–Crippen LogP) is -0.0703. The van der Waals surface area contributed by atoms with Crippen molar-refractivity contribution in [1.29, 1.82) is 0 Å². The zero-order valence-electron chi connectivity index (χ0n) is 6.78. The van der Waals surface area contributed by atoms with Crippen molar-refractivity contribution in [3.8, 4) is 0 Å². The van der Waals surface area contributed by atoms with Crippen LogP contribution in [0.25, 0.3) is 0 Å². The summed E-state index contributed by atoms with van der Waals surface area (Å²) < 4.78 is 1.52. The van der Waals surface area contributed by atoms with Gasteiger partial charge in [0.05, 0.1) is 0 Å². The Morgan fingerprint density at radius 3 is 3.00 bits per heavy atom. The zero-order chi connectivity index (χ0) is 9.42. The van der Waals surface area contributed by atoms with Gasteiger partial charge in [-0.3, -0.25) is 4.79 Å². The van der Waals surface area contributed by atoms with Crippen molar-refractivity contribution in [3.05, 3.63) is 23.5 Å². The van der Waals surface area contributed by atoms with E-state index in [0.717, 1.165) is 0 Å². The van der Waals surface area contributed by atoms with E-state index in [-0.39, 0.29) is 11.6 Å². The number of carbonyl (C=O) groups is 2. The minimum atomic E-state index is -0.999. The van der Waals surface area contributed by atoms with E-state index < -0.39 is 5.97 Å². The topological polar surface area (TPSA) is 71.3 Å². The molecule has 1 aromatic rings. The third-order valence-electron chi connectivity index (χ3n) is 2.05. The average Bonchev–Trinajstić information content (AvgIpc) is 2.48. The van der Waals surface area contributed by atoms with E-state index in [0.29, 0.717) is 18.8 Å². The molecule has 0 saturated heterocycles. The molecule has 0 unspecified atom stereocenters. The Bertz CT molecular complexity index is 367. The van der Waals surface area contributed by atoms with Crippen molar-refractivity contribution >= 4 is 11.9 Å². The third kappa shape index (κ3) is 1.09. The van der Waals surface area contributed by atoms with Crippen LogP contribution in [0.2, 0.25) is 0 Å². The summed E-state index contributed by atoms with van der Waals surface area (Å²) in [5.74, 6) is -1.21. The largest absolute Gasteiger partial charge is 0.477 e. The van der Waals surface area contributed by atoms with Crippen LogP contribution in [0.3, 0.4) is 0 Å². The van der Waals surface area contributed by atoms with Crippen molar-refractivity contribution in [3.63, 3.8) is 0 Å². The molecule has 5 nitrogen and oxygen atoms in total. The number of hydrogen-bond donors (Lipinski definition) is 2. The minimum absolute atomic E-state index is 0.171. The number of fused-ring (bicyclic) bond motifs is 1. The van der Waals surface area contributed by atoms with Gasteiger partial charge < -0.3 is 15.0 Å². The van der Waals surface area contributed by atoms with Crippen molar-refractivity contribution < 1.29 is 14.7 Å². The van der Waals surface area contributed by atoms with E-state index in [2.05, 4.69) is 5.32 Å². The highest BCUT2D eigenvalue weighted by Crippen LogP contribution is 2.11. The molecule has 13 heavy (non-hydrogen) atoms. The van der Waals surface area contributed by atoms with Gasteiger partial charge in [0.25, 0.3) is 5.91 Å². The number of amides is 1. The van der Waals surface area contributed by atoms with Crippen molar-refractivity contribution in [1.82, 2.24) is 9.88 Å². The van der Waals surface area contributed by atoms with E-state index in [1.807, 2.05) is 0 Å². The molecule has 0 bridgehead atoms. The average molecular weight is 180 g/mol. The Labute approximate surface area is 74.0 Å². The molecule has 1 aliphatic rings. The van der Waals surface area contributed by atoms with Gasteiger partial charge in [0.15, 0.2) is 0 Å². The molecule has 0 fully saturated rings. The Balaban J connectivity index is 2.53. The zero-order valence-corrected chi connectivity index (χ0v) is 6.78. The lowest BCUT2D eigenvalue weighted by Crippen LogP contribution is -2.36. The second-order valence-electron chi connectivity index (χ2n) is 2.82. The van der Waals surface area contributed by atoms with E-state index in [1.165, 1.54) is 16.7 Å². The fourth-order valence-corrected chi connectivity index (χ4v) is 1.47. The van der Waals surface area contributed by atoms with E-state index >= 15 is 0 Å². The van der Waals surface area contributed by atoms with Gasteiger partial charge in [0, 0.05) is 13.1 Å². The molecule has 5 heteroatoms. The lowest BCUT2D eigenvalue weighted by molar-refractivity contribution is 0.0684. The maximum absolute atomic E-state index is 11.2. The van der Waals surface area contributed by atoms with Crippen molar-refractivity contribution in [2.24, 2.45) is 0 Å². The summed E-state index contributed by atoms with van der Waals surface area (Å²) in [6, 6.07) is 2.97. The monoisotopic (exact) mass is 180 g/mol. The predicted molar refractivity (Wildman–Crippen MR) is 43.7 cm³/mol. The number of carbonyl (C=O) groups excluding carboxylic acids is 1. The number of nitrogens with one attached hydrogen (secondary N) is 1. The Hall–Kier alpha value is -1.78. The SMILES string of the molecule is O=C(O)c1ccc2n1CCNC2=O. The molecule has 0 spiro atoms. The van der Waals surface area contributed by atoms with E-state index in [1.54, 1.807) is 0 Å². The number of nitrogens with zero attached hydrogens (tertiary/aromatic N) is 1. The molecule has 0 aliphatic carbocycles. The van der Waals surface area contributed by atoms with Gasteiger partial charge >= 0.3 is 5.97 Å². The van der Waals surface area contributed by atoms with Gasteiger partial charge in [0.2, 0.25) is 0 Å². The first-order chi connectivity index (χ1) is 6.20. The number of aromatic nitrogens is 1. The molecule has 0 aromatic carbocycles. The molecule has 0 atom stereocenters. The molecule has 2 rings (SSSR count). The van der Waals surface area contributed by atoms with Gasteiger partial charge in [-0.05, 0) is 12.1 Å². The molecule has 1 amide bonds. The Kier molecular flexibility index (Phi) is 1.58. The molecule has 0 saturated carbocycles. The van der Waals surface area contributed by atoms with Crippen LogP contribution in [0, 0.1) is 0 Å². The summed E-state index contributed by atoms with van der Waals surface area (Å²) in [6.07, 6.45) is 0. The summed E-state index contributed by atoms with van der Waals surface area (Å²) in [4.78, 5) is 21.9. The second-order valence-corrected chi connectivity index (χ2v) is 2.82.